The fraction of sp³-hybridized carbons (Fsp3) is 0.303. The number of ether oxygens (including phenoxy) is 1. The third-order valence-electron chi connectivity index (χ3n) is 8.62. The monoisotopic (exact) mass is 620 g/mol. The Labute approximate surface area is 264 Å². The second-order valence-corrected chi connectivity index (χ2v) is 11.6. The lowest BCUT2D eigenvalue weighted by Crippen LogP contribution is -2.52. The molecule has 3 aliphatic heterocycles. The van der Waals surface area contributed by atoms with Crippen LogP contribution in [0.25, 0.3) is 5.95 Å². The quantitative estimate of drug-likeness (QED) is 0.293. The number of carbonyl (C=O) groups excluding carboxylic acids is 4. The van der Waals surface area contributed by atoms with Gasteiger partial charge in [0.25, 0.3) is 11.8 Å². The molecule has 4 amide bonds. The van der Waals surface area contributed by atoms with Crippen LogP contribution < -0.4 is 10.1 Å². The van der Waals surface area contributed by atoms with E-state index in [1.165, 1.54) is 4.90 Å². The molecule has 46 heavy (non-hydrogen) atoms. The number of carbonyl (C=O) groups is 4. The van der Waals surface area contributed by atoms with Crippen molar-refractivity contribution in [3.05, 3.63) is 101 Å². The molecular weight excluding hydrogens is 588 g/mol. The van der Waals surface area contributed by atoms with Gasteiger partial charge in [0.2, 0.25) is 17.8 Å². The molecule has 234 valence electrons. The molecule has 0 spiro atoms. The number of aromatic nitrogens is 4. The number of nitrogens with one attached hydrogen (secondary N) is 1. The van der Waals surface area contributed by atoms with E-state index < -0.39 is 11.9 Å². The van der Waals surface area contributed by atoms with Gasteiger partial charge in [-0.05, 0) is 35.7 Å². The van der Waals surface area contributed by atoms with Crippen molar-refractivity contribution in [2.75, 3.05) is 26.2 Å². The van der Waals surface area contributed by atoms with Crippen molar-refractivity contribution >= 4 is 23.6 Å². The van der Waals surface area contributed by atoms with Gasteiger partial charge in [-0.25, -0.2) is 15.0 Å². The van der Waals surface area contributed by atoms with E-state index in [2.05, 4.69) is 37.3 Å². The average Bonchev–Trinajstić information content (AvgIpc) is 3.74. The van der Waals surface area contributed by atoms with E-state index in [1.54, 1.807) is 47.7 Å². The number of imide groups is 1. The Hall–Kier alpha value is -5.43. The highest BCUT2D eigenvalue weighted by atomic mass is 16.5. The van der Waals surface area contributed by atoms with Crippen LogP contribution in [0.3, 0.4) is 0 Å². The molecule has 5 heterocycles. The maximum Gasteiger partial charge on any atom is 0.272 e. The lowest BCUT2D eigenvalue weighted by atomic mass is 10.0. The van der Waals surface area contributed by atoms with E-state index in [1.807, 2.05) is 23.1 Å². The summed E-state index contributed by atoms with van der Waals surface area (Å²) < 4.78 is 7.82. The normalized spacial score (nSPS) is 18.4. The summed E-state index contributed by atoms with van der Waals surface area (Å²) >= 11 is 0. The van der Waals surface area contributed by atoms with Crippen molar-refractivity contribution < 1.29 is 23.9 Å². The largest absolute Gasteiger partial charge is 0.489 e. The third-order valence-corrected chi connectivity index (χ3v) is 8.62. The van der Waals surface area contributed by atoms with Crippen LogP contribution in [0.5, 0.6) is 5.75 Å². The predicted octanol–water partition coefficient (Wildman–Crippen LogP) is 1.96. The zero-order valence-electron chi connectivity index (χ0n) is 25.0. The van der Waals surface area contributed by atoms with Crippen molar-refractivity contribution in [1.82, 2.24) is 39.5 Å². The first-order valence-electron chi connectivity index (χ1n) is 15.2. The molecule has 0 unspecified atom stereocenters. The van der Waals surface area contributed by atoms with Crippen LogP contribution in [0, 0.1) is 0 Å². The molecule has 2 saturated heterocycles. The molecule has 0 bridgehead atoms. The maximum atomic E-state index is 13.1. The zero-order valence-corrected chi connectivity index (χ0v) is 25.0. The molecule has 13 nitrogen and oxygen atoms in total. The summed E-state index contributed by atoms with van der Waals surface area (Å²) in [4.78, 5) is 68.5. The van der Waals surface area contributed by atoms with E-state index >= 15 is 0 Å². The third kappa shape index (κ3) is 5.96. The lowest BCUT2D eigenvalue weighted by molar-refractivity contribution is -0.136. The van der Waals surface area contributed by atoms with Gasteiger partial charge in [-0.2, -0.15) is 0 Å². The second-order valence-electron chi connectivity index (χ2n) is 11.6. The Morgan fingerprint density at radius 2 is 1.76 bits per heavy atom. The van der Waals surface area contributed by atoms with Gasteiger partial charge in [0.1, 0.15) is 30.4 Å². The molecule has 2 aromatic heterocycles. The zero-order chi connectivity index (χ0) is 31.6. The van der Waals surface area contributed by atoms with E-state index in [0.717, 1.165) is 36.3 Å². The number of hydrogen-bond donors (Lipinski definition) is 1. The Balaban J connectivity index is 0.910. The molecule has 2 fully saturated rings. The summed E-state index contributed by atoms with van der Waals surface area (Å²) in [5, 5.41) is 2.34. The number of rotatable bonds is 8. The van der Waals surface area contributed by atoms with Crippen LogP contribution in [0.1, 0.15) is 50.4 Å². The second kappa shape index (κ2) is 12.5. The van der Waals surface area contributed by atoms with Gasteiger partial charge in [0.15, 0.2) is 0 Å². The van der Waals surface area contributed by atoms with E-state index in [0.29, 0.717) is 49.1 Å². The minimum absolute atomic E-state index is 0.107. The number of piperazine rings is 1. The van der Waals surface area contributed by atoms with Crippen LogP contribution in [-0.2, 0) is 29.3 Å². The van der Waals surface area contributed by atoms with Crippen LogP contribution in [0.4, 0.5) is 0 Å². The Morgan fingerprint density at radius 1 is 0.957 bits per heavy atom. The van der Waals surface area contributed by atoms with E-state index in [-0.39, 0.29) is 30.7 Å². The van der Waals surface area contributed by atoms with Gasteiger partial charge < -0.3 is 14.5 Å². The number of piperidine rings is 1. The molecule has 0 saturated carbocycles. The predicted molar refractivity (Wildman–Crippen MR) is 164 cm³/mol. The number of benzene rings is 2. The molecule has 1 N–H and O–H groups in total. The molecule has 3 aliphatic rings. The van der Waals surface area contributed by atoms with Crippen LogP contribution >= 0.6 is 0 Å². The van der Waals surface area contributed by atoms with Gasteiger partial charge in [0.05, 0.1) is 6.54 Å². The minimum Gasteiger partial charge on any atom is -0.489 e. The summed E-state index contributed by atoms with van der Waals surface area (Å²) in [5.74, 6) is -0.0519. The van der Waals surface area contributed by atoms with Crippen LogP contribution in [0.2, 0.25) is 0 Å². The summed E-state index contributed by atoms with van der Waals surface area (Å²) in [7, 11) is 0. The first kappa shape index (κ1) is 29.3. The molecule has 4 aromatic rings. The SMILES string of the molecule is O=C1CC[C@H](N2Cc3c(OCc4ccc(CN5CCN(C(=O)c6ccnc(-n7ccnc7)n6)CC5)cc4)cccc3C2=O)C(=O)N1. The van der Waals surface area contributed by atoms with Gasteiger partial charge in [-0.3, -0.25) is 34.0 Å². The highest BCUT2D eigenvalue weighted by Crippen LogP contribution is 2.34. The maximum absolute atomic E-state index is 13.1. The van der Waals surface area contributed by atoms with E-state index in [4.69, 9.17) is 4.74 Å². The Morgan fingerprint density at radius 3 is 2.52 bits per heavy atom. The summed E-state index contributed by atoms with van der Waals surface area (Å²) in [6, 6.07) is 14.6. The number of hydrogen-bond acceptors (Lipinski definition) is 9. The highest BCUT2D eigenvalue weighted by molar-refractivity contribution is 6.05. The molecule has 2 aromatic carbocycles. The summed E-state index contributed by atoms with van der Waals surface area (Å²) in [6.45, 7) is 4.09. The lowest BCUT2D eigenvalue weighted by Gasteiger charge is -2.34. The van der Waals surface area contributed by atoms with Gasteiger partial charge >= 0.3 is 0 Å². The van der Waals surface area contributed by atoms with Crippen molar-refractivity contribution in [1.29, 1.82) is 0 Å². The molecule has 13 heteroatoms. The molecular formula is C33H32N8O5. The number of imidazole rings is 1. The fourth-order valence-electron chi connectivity index (χ4n) is 6.09. The summed E-state index contributed by atoms with van der Waals surface area (Å²) in [6.07, 6.45) is 7.09. The Bertz CT molecular complexity index is 1780. The van der Waals surface area contributed by atoms with E-state index in [9.17, 15) is 19.2 Å². The first-order chi connectivity index (χ1) is 22.4. The Kier molecular flexibility index (Phi) is 7.97. The average molecular weight is 621 g/mol. The number of nitrogens with zero attached hydrogens (tertiary/aromatic N) is 7. The van der Waals surface area contributed by atoms with Crippen molar-refractivity contribution in [3.63, 3.8) is 0 Å². The molecule has 7 rings (SSSR count). The van der Waals surface area contributed by atoms with Gasteiger partial charge in [-0.1, -0.05) is 30.3 Å². The van der Waals surface area contributed by atoms with Gasteiger partial charge in [0, 0.05) is 68.9 Å². The van der Waals surface area contributed by atoms with Crippen LogP contribution in [0.15, 0.2) is 73.4 Å². The van der Waals surface area contributed by atoms with Crippen molar-refractivity contribution in [3.8, 4) is 11.7 Å². The van der Waals surface area contributed by atoms with Gasteiger partial charge in [-0.15, -0.1) is 0 Å². The standard InChI is InChI=1S/C33H32N8O5/c42-29-9-8-27(30(43)37-29)41-19-25-24(31(41)44)2-1-3-28(25)46-20-23-6-4-22(5-7-23)18-38-14-16-39(17-15-38)32(45)26-10-11-35-33(36-26)40-13-12-34-21-40/h1-7,10-13,21,27H,8-9,14-20H2,(H,37,42,43)/t27-/m0/s1. The number of fused-ring (bicyclic) bond motifs is 1. The van der Waals surface area contributed by atoms with Crippen LogP contribution in [-0.4, -0.2) is 90.1 Å². The number of amides is 4. The molecule has 0 aliphatic carbocycles. The molecule has 0 radical (unpaired) electrons. The molecule has 1 atom stereocenters. The highest BCUT2D eigenvalue weighted by Gasteiger charge is 2.40. The smallest absolute Gasteiger partial charge is 0.272 e. The fourth-order valence-corrected chi connectivity index (χ4v) is 6.09. The van der Waals surface area contributed by atoms with Crippen molar-refractivity contribution in [2.24, 2.45) is 0 Å². The topological polar surface area (TPSA) is 143 Å². The van der Waals surface area contributed by atoms with Crippen molar-refractivity contribution in [2.45, 2.75) is 38.6 Å². The minimum atomic E-state index is -0.665. The summed E-state index contributed by atoms with van der Waals surface area (Å²) in [5.41, 5.74) is 3.79. The first-order valence-corrected chi connectivity index (χ1v) is 15.2.